The third kappa shape index (κ3) is 2.76. The third-order valence-electron chi connectivity index (χ3n) is 1.80. The average Bonchev–Trinajstić information content (AvgIpc) is 2.47. The summed E-state index contributed by atoms with van der Waals surface area (Å²) in [4.78, 5) is 4.00. The van der Waals surface area contributed by atoms with Crippen LogP contribution in [0.5, 0.6) is 0 Å². The van der Waals surface area contributed by atoms with Gasteiger partial charge < -0.3 is 9.80 Å². The lowest BCUT2D eigenvalue weighted by Gasteiger charge is -2.15. The number of likely N-dealkylation sites (N-methyl/N-ethyl adjacent to an activating group) is 2. The third-order valence-corrected chi connectivity index (χ3v) is 2.57. The van der Waals surface area contributed by atoms with Gasteiger partial charge in [-0.25, -0.2) is 0 Å². The molecule has 0 aromatic rings. The zero-order valence-electron chi connectivity index (χ0n) is 8.63. The fraction of sp³-hybridized carbons (Fsp3) is 0.667. The zero-order valence-corrected chi connectivity index (χ0v) is 10.3. The predicted octanol–water partition coefficient (Wildman–Crippen LogP) is 2.05. The van der Waals surface area contributed by atoms with Crippen LogP contribution in [0.2, 0.25) is 0 Å². The van der Waals surface area contributed by atoms with E-state index in [4.69, 9.17) is 24.4 Å². The maximum absolute atomic E-state index is 5.15. The van der Waals surface area contributed by atoms with Gasteiger partial charge in [0.25, 0.3) is 0 Å². The Morgan fingerprint density at radius 1 is 1.46 bits per heavy atom. The summed E-state index contributed by atoms with van der Waals surface area (Å²) in [5, 5.41) is 3.55. The molecule has 0 N–H and O–H groups in total. The molecular formula is C9H16N2S2. The van der Waals surface area contributed by atoms with Crippen molar-refractivity contribution in [3.05, 3.63) is 5.70 Å². The molecule has 0 aliphatic carbocycles. The molecule has 74 valence electrons. The second kappa shape index (κ2) is 6.08. The largest absolute Gasteiger partial charge is 0.343 e. The van der Waals surface area contributed by atoms with E-state index in [0.29, 0.717) is 0 Å². The first-order chi connectivity index (χ1) is 6.20. The molecule has 0 amide bonds. The molecule has 13 heavy (non-hydrogen) atoms. The predicted molar refractivity (Wildman–Crippen MR) is 65.1 cm³/mol. The maximum atomic E-state index is 5.15. The number of thiocarbonyl (C=S) groups is 2. The van der Waals surface area contributed by atoms with Crippen molar-refractivity contribution in [3.8, 4) is 0 Å². The van der Waals surface area contributed by atoms with E-state index >= 15 is 0 Å². The summed E-state index contributed by atoms with van der Waals surface area (Å²) >= 11 is 9.88. The van der Waals surface area contributed by atoms with Gasteiger partial charge in [-0.05, 0) is 36.4 Å². The molecule has 0 atom stereocenters. The van der Waals surface area contributed by atoms with Gasteiger partial charge in [-0.1, -0.05) is 13.8 Å². The van der Waals surface area contributed by atoms with Crippen LogP contribution in [0.4, 0.5) is 0 Å². The van der Waals surface area contributed by atoms with E-state index in [-0.39, 0.29) is 0 Å². The van der Waals surface area contributed by atoms with Gasteiger partial charge in [0, 0.05) is 13.6 Å². The van der Waals surface area contributed by atoms with Crippen LogP contribution in [0.3, 0.4) is 0 Å². The van der Waals surface area contributed by atoms with E-state index in [2.05, 4.69) is 16.8 Å². The molecule has 1 aliphatic rings. The van der Waals surface area contributed by atoms with Gasteiger partial charge in [-0.15, -0.1) is 0 Å². The van der Waals surface area contributed by atoms with Crippen LogP contribution in [-0.4, -0.2) is 40.1 Å². The van der Waals surface area contributed by atoms with Crippen molar-refractivity contribution in [1.29, 1.82) is 0 Å². The lowest BCUT2D eigenvalue weighted by molar-refractivity contribution is 0.507. The molecule has 1 saturated heterocycles. The average molecular weight is 216 g/mol. The highest BCUT2D eigenvalue weighted by molar-refractivity contribution is 7.80. The van der Waals surface area contributed by atoms with Gasteiger partial charge in [-0.3, -0.25) is 0 Å². The van der Waals surface area contributed by atoms with Crippen LogP contribution in [0.25, 0.3) is 0 Å². The van der Waals surface area contributed by atoms with E-state index in [9.17, 15) is 0 Å². The first kappa shape index (κ1) is 12.6. The molecule has 0 bridgehead atoms. The number of nitrogens with zero attached hydrogens (tertiary/aromatic N) is 2. The molecule has 4 heteroatoms. The van der Waals surface area contributed by atoms with Crippen LogP contribution < -0.4 is 0 Å². The minimum Gasteiger partial charge on any atom is -0.343 e. The van der Waals surface area contributed by atoms with Gasteiger partial charge in [0.05, 0.1) is 12.2 Å². The van der Waals surface area contributed by atoms with E-state index in [1.807, 2.05) is 25.8 Å². The van der Waals surface area contributed by atoms with Crippen molar-refractivity contribution >= 4 is 34.6 Å². The standard InChI is InChI=1S/C7H10N2S2.C2H6/c1-3-9-4-6(5-10)8(2)7(9)11;1-2/h3-4H2,1-2H3;1-2H3. The molecule has 1 fully saturated rings. The maximum Gasteiger partial charge on any atom is 0.176 e. The molecule has 1 aliphatic heterocycles. The molecule has 0 spiro atoms. The molecule has 0 radical (unpaired) electrons. The normalized spacial score (nSPS) is 15.4. The van der Waals surface area contributed by atoms with E-state index < -0.39 is 0 Å². The molecule has 1 heterocycles. The van der Waals surface area contributed by atoms with Gasteiger partial charge in [0.1, 0.15) is 0 Å². The Bertz CT molecular complexity index is 232. The molecular weight excluding hydrogens is 200 g/mol. The molecule has 0 unspecified atom stereocenters. The molecule has 2 nitrogen and oxygen atoms in total. The Hall–Kier alpha value is -0.440. The first-order valence-corrected chi connectivity index (χ1v) is 5.29. The van der Waals surface area contributed by atoms with Crippen LogP contribution in [-0.2, 0) is 0 Å². The fourth-order valence-electron chi connectivity index (χ4n) is 1.03. The Labute approximate surface area is 91.2 Å². The highest BCUT2D eigenvalue weighted by Gasteiger charge is 2.24. The van der Waals surface area contributed by atoms with Crippen molar-refractivity contribution in [2.45, 2.75) is 20.8 Å². The Balaban J connectivity index is 0.000000671. The highest BCUT2D eigenvalue weighted by Crippen LogP contribution is 2.14. The minimum absolute atomic E-state index is 0.815. The summed E-state index contributed by atoms with van der Waals surface area (Å²) in [6.45, 7) is 7.82. The van der Waals surface area contributed by atoms with E-state index in [0.717, 1.165) is 23.9 Å². The van der Waals surface area contributed by atoms with Gasteiger partial charge >= 0.3 is 0 Å². The lowest BCUT2D eigenvalue weighted by Crippen LogP contribution is -2.28. The second-order valence-corrected chi connectivity index (χ2v) is 2.97. The van der Waals surface area contributed by atoms with Crippen LogP contribution in [0, 0.1) is 0 Å². The Morgan fingerprint density at radius 2 is 2.00 bits per heavy atom. The highest BCUT2D eigenvalue weighted by atomic mass is 32.1. The van der Waals surface area contributed by atoms with Crippen molar-refractivity contribution < 1.29 is 0 Å². The SMILES string of the molecule is CC.CCN1CC(=C=S)N(C)C1=S. The van der Waals surface area contributed by atoms with Crippen LogP contribution in [0.15, 0.2) is 5.70 Å². The molecule has 0 saturated carbocycles. The van der Waals surface area contributed by atoms with Crippen LogP contribution in [0.1, 0.15) is 20.8 Å². The van der Waals surface area contributed by atoms with Gasteiger partial charge in [0.2, 0.25) is 0 Å². The Kier molecular flexibility index (Phi) is 5.88. The quantitative estimate of drug-likeness (QED) is 0.619. The van der Waals surface area contributed by atoms with Crippen LogP contribution >= 0.6 is 24.4 Å². The number of rotatable bonds is 1. The first-order valence-electron chi connectivity index (χ1n) is 4.47. The van der Waals surface area contributed by atoms with E-state index in [1.165, 1.54) is 0 Å². The van der Waals surface area contributed by atoms with Crippen molar-refractivity contribution in [1.82, 2.24) is 9.80 Å². The summed E-state index contributed by atoms with van der Waals surface area (Å²) in [6, 6.07) is 0. The molecule has 0 aromatic heterocycles. The smallest absolute Gasteiger partial charge is 0.176 e. The van der Waals surface area contributed by atoms with Gasteiger partial charge in [-0.2, -0.15) is 0 Å². The topological polar surface area (TPSA) is 6.48 Å². The monoisotopic (exact) mass is 216 g/mol. The lowest BCUT2D eigenvalue weighted by atomic mass is 10.5. The summed E-state index contributed by atoms with van der Waals surface area (Å²) < 4.78 is 0. The molecule has 1 rings (SSSR count). The summed E-state index contributed by atoms with van der Waals surface area (Å²) in [6.07, 6.45) is 0. The second-order valence-electron chi connectivity index (χ2n) is 2.40. The summed E-state index contributed by atoms with van der Waals surface area (Å²) in [5.74, 6) is 0. The van der Waals surface area contributed by atoms with E-state index in [1.54, 1.807) is 0 Å². The van der Waals surface area contributed by atoms with Crippen molar-refractivity contribution in [2.75, 3.05) is 20.1 Å². The number of hydrogen-bond acceptors (Lipinski definition) is 2. The Morgan fingerprint density at radius 3 is 2.23 bits per heavy atom. The minimum atomic E-state index is 0.815. The van der Waals surface area contributed by atoms with Crippen molar-refractivity contribution in [2.24, 2.45) is 0 Å². The molecule has 0 aromatic carbocycles. The summed E-state index contributed by atoms with van der Waals surface area (Å²) in [5.41, 5.74) is 0.992. The fourth-order valence-corrected chi connectivity index (χ4v) is 1.54. The summed E-state index contributed by atoms with van der Waals surface area (Å²) in [7, 11) is 1.92. The van der Waals surface area contributed by atoms with Crippen molar-refractivity contribution in [3.63, 3.8) is 0 Å². The number of hydrogen-bond donors (Lipinski definition) is 0. The zero-order chi connectivity index (χ0) is 10.4. The van der Waals surface area contributed by atoms with Gasteiger partial charge in [0.15, 0.2) is 5.11 Å².